The number of rotatable bonds is 6. The van der Waals surface area contributed by atoms with Crippen LogP contribution in [0.25, 0.3) is 6.08 Å². The fourth-order valence-corrected chi connectivity index (χ4v) is 2.10. The fraction of sp³-hybridized carbons (Fsp3) is 0.294. The third-order valence-corrected chi connectivity index (χ3v) is 3.43. The lowest BCUT2D eigenvalue weighted by Crippen LogP contribution is -2.41. The molecule has 8 nitrogen and oxygen atoms in total. The van der Waals surface area contributed by atoms with Crippen LogP contribution in [-0.2, 0) is 19.1 Å². The first-order valence-corrected chi connectivity index (χ1v) is 7.76. The minimum Gasteiger partial charge on any atom is -0.454 e. The Hall–Kier alpha value is -3.16. The Morgan fingerprint density at radius 1 is 1.32 bits per heavy atom. The van der Waals surface area contributed by atoms with Crippen molar-refractivity contribution in [3.05, 3.63) is 42.0 Å². The Balaban J connectivity index is 1.75. The minimum absolute atomic E-state index is 0.242. The summed E-state index contributed by atoms with van der Waals surface area (Å²) >= 11 is 0. The van der Waals surface area contributed by atoms with Crippen LogP contribution >= 0.6 is 0 Å². The van der Waals surface area contributed by atoms with E-state index in [0.29, 0.717) is 6.54 Å². The number of nitrogens with zero attached hydrogens (tertiary/aromatic N) is 1. The number of nitrogens with one attached hydrogen (secondary N) is 2. The highest BCUT2D eigenvalue weighted by molar-refractivity contribution is 5.97. The number of carbonyl (C=O) groups excluding carboxylic acids is 4. The fourth-order valence-electron chi connectivity index (χ4n) is 2.10. The molecule has 0 bridgehead atoms. The Bertz CT molecular complexity index is 687. The molecule has 0 spiro atoms. The van der Waals surface area contributed by atoms with Gasteiger partial charge in [-0.1, -0.05) is 30.3 Å². The third kappa shape index (κ3) is 5.45. The zero-order chi connectivity index (χ0) is 18.2. The van der Waals surface area contributed by atoms with Gasteiger partial charge < -0.3 is 15.4 Å². The summed E-state index contributed by atoms with van der Waals surface area (Å²) in [6.07, 6.45) is 2.92. The Labute approximate surface area is 144 Å². The van der Waals surface area contributed by atoms with Crippen LogP contribution in [0, 0.1) is 0 Å². The van der Waals surface area contributed by atoms with Gasteiger partial charge in [-0.2, -0.15) is 0 Å². The Kier molecular flexibility index (Phi) is 6.27. The van der Waals surface area contributed by atoms with E-state index in [0.717, 1.165) is 10.5 Å². The molecule has 0 radical (unpaired) electrons. The highest BCUT2D eigenvalue weighted by Crippen LogP contribution is 2.01. The Morgan fingerprint density at radius 2 is 2.04 bits per heavy atom. The summed E-state index contributed by atoms with van der Waals surface area (Å²) in [7, 11) is 0. The number of hydrogen-bond donors (Lipinski definition) is 2. The van der Waals surface area contributed by atoms with Crippen LogP contribution in [0.4, 0.5) is 4.79 Å². The third-order valence-electron chi connectivity index (χ3n) is 3.43. The zero-order valence-electron chi connectivity index (χ0n) is 13.7. The number of esters is 1. The van der Waals surface area contributed by atoms with Crippen LogP contribution in [-0.4, -0.2) is 54.5 Å². The molecule has 0 aromatic heterocycles. The van der Waals surface area contributed by atoms with Crippen molar-refractivity contribution in [3.8, 4) is 0 Å². The molecule has 1 fully saturated rings. The highest BCUT2D eigenvalue weighted by Gasteiger charge is 2.27. The molecule has 0 saturated carbocycles. The summed E-state index contributed by atoms with van der Waals surface area (Å²) in [6, 6.07) is 7.79. The molecule has 0 aliphatic carbocycles. The van der Waals surface area contributed by atoms with E-state index in [1.807, 2.05) is 30.3 Å². The first-order valence-electron chi connectivity index (χ1n) is 7.76. The second-order valence-electron chi connectivity index (χ2n) is 5.36. The van der Waals surface area contributed by atoms with Gasteiger partial charge in [0.1, 0.15) is 6.04 Å². The van der Waals surface area contributed by atoms with E-state index in [1.54, 1.807) is 6.08 Å². The second-order valence-corrected chi connectivity index (χ2v) is 5.36. The summed E-state index contributed by atoms with van der Waals surface area (Å²) in [4.78, 5) is 47.7. The first kappa shape index (κ1) is 18.2. The maximum Gasteiger partial charge on any atom is 0.328 e. The maximum absolute atomic E-state index is 11.8. The number of amides is 4. The van der Waals surface area contributed by atoms with Gasteiger partial charge in [0.2, 0.25) is 5.91 Å². The summed E-state index contributed by atoms with van der Waals surface area (Å²) < 4.78 is 4.84. The number of hydrogen-bond acceptors (Lipinski definition) is 5. The van der Waals surface area contributed by atoms with Crippen molar-refractivity contribution < 1.29 is 23.9 Å². The lowest BCUT2D eigenvalue weighted by Gasteiger charge is -2.14. The minimum atomic E-state index is -0.923. The van der Waals surface area contributed by atoms with Gasteiger partial charge in [-0.25, -0.2) is 9.59 Å². The molecule has 1 heterocycles. The molecule has 1 aliphatic rings. The highest BCUT2D eigenvalue weighted by atomic mass is 16.5. The number of imide groups is 1. The van der Waals surface area contributed by atoms with Gasteiger partial charge in [0.05, 0.1) is 0 Å². The zero-order valence-corrected chi connectivity index (χ0v) is 13.7. The second kappa shape index (κ2) is 8.62. The van der Waals surface area contributed by atoms with Crippen molar-refractivity contribution in [3.63, 3.8) is 0 Å². The van der Waals surface area contributed by atoms with Gasteiger partial charge >= 0.3 is 12.0 Å². The first-order chi connectivity index (χ1) is 12.0. The molecule has 1 atom stereocenters. The van der Waals surface area contributed by atoms with Gasteiger partial charge in [-0.05, 0) is 18.6 Å². The normalized spacial score (nSPS) is 14.9. The van der Waals surface area contributed by atoms with Crippen molar-refractivity contribution in [1.29, 1.82) is 0 Å². The standard InChI is InChI=1S/C17H19N3O5/c1-12(19-14(21)8-7-13-5-3-2-4-6-13)16(23)25-11-15(22)20-10-9-18-17(20)24/h2-8,12H,9-11H2,1H3,(H,18,24)(H,19,21)/b8-7+/t12-/m0/s1. The van der Waals surface area contributed by atoms with Gasteiger partial charge in [0.25, 0.3) is 5.91 Å². The summed E-state index contributed by atoms with van der Waals surface area (Å²) in [6.45, 7) is 1.51. The molecule has 1 aromatic carbocycles. The molecule has 0 unspecified atom stereocenters. The van der Waals surface area contributed by atoms with Crippen molar-refractivity contribution in [2.24, 2.45) is 0 Å². The van der Waals surface area contributed by atoms with Gasteiger partial charge in [-0.3, -0.25) is 14.5 Å². The molecular formula is C17H19N3O5. The van der Waals surface area contributed by atoms with Crippen LogP contribution in [0.15, 0.2) is 36.4 Å². The summed E-state index contributed by atoms with van der Waals surface area (Å²) in [5, 5.41) is 4.92. The molecule has 2 rings (SSSR count). The molecule has 1 aliphatic heterocycles. The lowest BCUT2D eigenvalue weighted by molar-refractivity contribution is -0.152. The average Bonchev–Trinajstić information content (AvgIpc) is 3.04. The van der Waals surface area contributed by atoms with E-state index in [-0.39, 0.29) is 6.54 Å². The monoisotopic (exact) mass is 345 g/mol. The van der Waals surface area contributed by atoms with Crippen LogP contribution in [0.1, 0.15) is 12.5 Å². The lowest BCUT2D eigenvalue weighted by atomic mass is 10.2. The quantitative estimate of drug-likeness (QED) is 0.570. The smallest absolute Gasteiger partial charge is 0.328 e. The topological polar surface area (TPSA) is 105 Å². The predicted molar refractivity (Wildman–Crippen MR) is 89.2 cm³/mol. The van der Waals surface area contributed by atoms with Gasteiger partial charge in [0.15, 0.2) is 6.61 Å². The van der Waals surface area contributed by atoms with E-state index in [4.69, 9.17) is 4.74 Å². The summed E-state index contributed by atoms with van der Waals surface area (Å²) in [5.74, 6) is -1.82. The largest absolute Gasteiger partial charge is 0.454 e. The molecular weight excluding hydrogens is 326 g/mol. The van der Waals surface area contributed by atoms with E-state index in [2.05, 4.69) is 10.6 Å². The van der Waals surface area contributed by atoms with Crippen LogP contribution in [0.2, 0.25) is 0 Å². The maximum atomic E-state index is 11.8. The van der Waals surface area contributed by atoms with E-state index in [1.165, 1.54) is 13.0 Å². The van der Waals surface area contributed by atoms with Crippen molar-refractivity contribution in [1.82, 2.24) is 15.5 Å². The average molecular weight is 345 g/mol. The van der Waals surface area contributed by atoms with Crippen LogP contribution in [0.3, 0.4) is 0 Å². The van der Waals surface area contributed by atoms with Gasteiger partial charge in [-0.15, -0.1) is 0 Å². The number of carbonyl (C=O) groups is 4. The van der Waals surface area contributed by atoms with E-state index >= 15 is 0 Å². The summed E-state index contributed by atoms with van der Waals surface area (Å²) in [5.41, 5.74) is 0.849. The number of benzene rings is 1. The Morgan fingerprint density at radius 3 is 2.68 bits per heavy atom. The van der Waals surface area contributed by atoms with Crippen LogP contribution in [0.5, 0.6) is 0 Å². The van der Waals surface area contributed by atoms with Crippen LogP contribution < -0.4 is 10.6 Å². The number of urea groups is 1. The van der Waals surface area contributed by atoms with Crippen molar-refractivity contribution in [2.75, 3.05) is 19.7 Å². The molecule has 8 heteroatoms. The molecule has 25 heavy (non-hydrogen) atoms. The van der Waals surface area contributed by atoms with E-state index in [9.17, 15) is 19.2 Å². The number of ether oxygens (including phenoxy) is 1. The van der Waals surface area contributed by atoms with Crippen molar-refractivity contribution >= 4 is 29.9 Å². The van der Waals surface area contributed by atoms with Crippen molar-refractivity contribution in [2.45, 2.75) is 13.0 Å². The SMILES string of the molecule is C[C@H](NC(=O)/C=C/c1ccccc1)C(=O)OCC(=O)N1CCNC1=O. The van der Waals surface area contributed by atoms with E-state index < -0.39 is 36.5 Å². The molecule has 132 valence electrons. The molecule has 1 aromatic rings. The molecule has 1 saturated heterocycles. The molecule has 4 amide bonds. The van der Waals surface area contributed by atoms with Gasteiger partial charge in [0, 0.05) is 19.2 Å². The molecule has 2 N–H and O–H groups in total. The predicted octanol–water partition coefficient (Wildman–Crippen LogP) is 0.300.